The number of allylic oxidation sites excluding steroid dienone is 2. The second-order valence-electron chi connectivity index (χ2n) is 7.68. The van der Waals surface area contributed by atoms with Crippen LogP contribution in [-0.2, 0) is 9.47 Å². The highest BCUT2D eigenvalue weighted by molar-refractivity contribution is 4.88. The molecule has 0 saturated carbocycles. The summed E-state index contributed by atoms with van der Waals surface area (Å²) in [5.41, 5.74) is 0. The van der Waals surface area contributed by atoms with Gasteiger partial charge in [-0.2, -0.15) is 0 Å². The Hall–Kier alpha value is -0.460. The Labute approximate surface area is 165 Å². The summed E-state index contributed by atoms with van der Waals surface area (Å²) in [4.78, 5) is 0. The number of unbranched alkanes of at least 4 members (excludes halogenated alkanes) is 10. The molecule has 0 aromatic heterocycles. The van der Waals surface area contributed by atoms with E-state index in [2.05, 4.69) is 19.1 Å². The zero-order chi connectivity index (χ0) is 19.7. The van der Waals surface area contributed by atoms with E-state index in [9.17, 15) is 10.2 Å². The number of hydrogen-bond acceptors (Lipinski definition) is 5. The fourth-order valence-corrected chi connectivity index (χ4v) is 3.43. The highest BCUT2D eigenvalue weighted by atomic mass is 16.6. The molecule has 1 aliphatic rings. The molecule has 160 valence electrons. The molecule has 1 fully saturated rings. The van der Waals surface area contributed by atoms with E-state index >= 15 is 0 Å². The Morgan fingerprint density at radius 1 is 0.963 bits per heavy atom. The second kappa shape index (κ2) is 16.5. The van der Waals surface area contributed by atoms with Crippen LogP contribution in [0.4, 0.5) is 0 Å². The molecule has 1 aliphatic heterocycles. The molecule has 0 bridgehead atoms. The molecule has 5 heteroatoms. The molecule has 0 aromatic carbocycles. The molecule has 4 atom stereocenters. The maximum atomic E-state index is 10.0. The van der Waals surface area contributed by atoms with Crippen molar-refractivity contribution in [3.63, 3.8) is 0 Å². The van der Waals surface area contributed by atoms with Gasteiger partial charge in [0.2, 0.25) is 0 Å². The monoisotopic (exact) mass is 386 g/mol. The molecule has 5 nitrogen and oxygen atoms in total. The van der Waals surface area contributed by atoms with Crippen LogP contribution in [0.25, 0.3) is 0 Å². The molecule has 1 saturated heterocycles. The van der Waals surface area contributed by atoms with Gasteiger partial charge in [-0.1, -0.05) is 64.0 Å². The number of rotatable bonds is 17. The molecule has 0 spiro atoms. The largest absolute Gasteiger partial charge is 0.394 e. The van der Waals surface area contributed by atoms with Crippen LogP contribution in [0.2, 0.25) is 0 Å². The third-order valence-corrected chi connectivity index (χ3v) is 5.22. The van der Waals surface area contributed by atoms with Gasteiger partial charge in [0.1, 0.15) is 24.4 Å². The van der Waals surface area contributed by atoms with Gasteiger partial charge < -0.3 is 24.8 Å². The lowest BCUT2D eigenvalue weighted by molar-refractivity contribution is -0.0730. The summed E-state index contributed by atoms with van der Waals surface area (Å²) in [5.74, 6) is 0. The minimum absolute atomic E-state index is 0.273. The van der Waals surface area contributed by atoms with Crippen LogP contribution in [0.15, 0.2) is 12.2 Å². The fourth-order valence-electron chi connectivity index (χ4n) is 3.43. The maximum Gasteiger partial charge on any atom is 0.114 e. The first-order valence-corrected chi connectivity index (χ1v) is 11.1. The van der Waals surface area contributed by atoms with Crippen molar-refractivity contribution in [2.24, 2.45) is 0 Å². The molecule has 0 aliphatic carbocycles. The summed E-state index contributed by atoms with van der Waals surface area (Å²) in [6.45, 7) is 2.71. The smallest absolute Gasteiger partial charge is 0.114 e. The predicted molar refractivity (Wildman–Crippen MR) is 109 cm³/mol. The van der Waals surface area contributed by atoms with Crippen molar-refractivity contribution in [1.29, 1.82) is 0 Å². The molecule has 0 unspecified atom stereocenters. The van der Waals surface area contributed by atoms with Crippen LogP contribution in [0.3, 0.4) is 0 Å². The fraction of sp³-hybridized carbons (Fsp3) is 0.909. The Morgan fingerprint density at radius 3 is 2.19 bits per heavy atom. The Bertz CT molecular complexity index is 361. The summed E-state index contributed by atoms with van der Waals surface area (Å²) in [5, 5.41) is 28.5. The van der Waals surface area contributed by atoms with Crippen LogP contribution in [0, 0.1) is 0 Å². The Morgan fingerprint density at radius 2 is 1.56 bits per heavy atom. The number of hydrogen-bond donors (Lipinski definition) is 3. The van der Waals surface area contributed by atoms with Crippen LogP contribution in [0.5, 0.6) is 0 Å². The average molecular weight is 387 g/mol. The Kier molecular flexibility index (Phi) is 15.0. The summed E-state index contributed by atoms with van der Waals surface area (Å²) >= 11 is 0. The van der Waals surface area contributed by atoms with E-state index in [4.69, 9.17) is 14.6 Å². The van der Waals surface area contributed by atoms with E-state index in [1.54, 1.807) is 0 Å². The normalized spacial score (nSPS) is 24.1. The average Bonchev–Trinajstić information content (AvgIpc) is 3.04. The minimum atomic E-state index is -1.05. The maximum absolute atomic E-state index is 10.0. The predicted octanol–water partition coefficient (Wildman–Crippen LogP) is 3.74. The van der Waals surface area contributed by atoms with Crippen molar-refractivity contribution in [3.8, 4) is 0 Å². The Balaban J connectivity index is 1.86. The zero-order valence-corrected chi connectivity index (χ0v) is 17.2. The topological polar surface area (TPSA) is 79.2 Å². The van der Waals surface area contributed by atoms with Crippen molar-refractivity contribution < 1.29 is 24.8 Å². The summed E-state index contributed by atoms with van der Waals surface area (Å²) in [7, 11) is 0. The second-order valence-corrected chi connectivity index (χ2v) is 7.68. The van der Waals surface area contributed by atoms with Crippen LogP contribution in [0.1, 0.15) is 84.0 Å². The molecule has 0 aromatic rings. The molecule has 27 heavy (non-hydrogen) atoms. The highest BCUT2D eigenvalue weighted by Gasteiger charge is 2.40. The lowest BCUT2D eigenvalue weighted by Crippen LogP contribution is -2.41. The molecule has 0 radical (unpaired) electrons. The third kappa shape index (κ3) is 11.2. The molecule has 1 heterocycles. The van der Waals surface area contributed by atoms with E-state index in [1.807, 2.05) is 0 Å². The molecule has 3 N–H and O–H groups in total. The van der Waals surface area contributed by atoms with Crippen LogP contribution in [-0.4, -0.2) is 59.6 Å². The van der Waals surface area contributed by atoms with Gasteiger partial charge in [0.15, 0.2) is 0 Å². The van der Waals surface area contributed by atoms with Gasteiger partial charge in [-0.25, -0.2) is 0 Å². The standard InChI is InChI=1S/C22H42O5/c1-2-3-4-5-6-7-8-9-10-11-12-13-14-15-16-26-20-18-27-22(21(20)25)19(24)17-23/h7-8,19-25H,2-6,9-18H2,1H3/b8-7+/t19-,20+,21-,22-/m1/s1. The summed E-state index contributed by atoms with van der Waals surface area (Å²) in [6.07, 6.45) is 16.6. The van der Waals surface area contributed by atoms with E-state index in [0.717, 1.165) is 12.8 Å². The molecular weight excluding hydrogens is 344 g/mol. The number of aliphatic hydroxyl groups excluding tert-OH is 3. The number of aliphatic hydroxyl groups is 3. The molecular formula is C22H42O5. The third-order valence-electron chi connectivity index (χ3n) is 5.22. The first kappa shape index (κ1) is 24.6. The van der Waals surface area contributed by atoms with Crippen molar-refractivity contribution in [3.05, 3.63) is 12.2 Å². The van der Waals surface area contributed by atoms with E-state index in [-0.39, 0.29) is 6.61 Å². The van der Waals surface area contributed by atoms with Gasteiger partial charge in [-0.3, -0.25) is 0 Å². The lowest BCUT2D eigenvalue weighted by Gasteiger charge is -2.20. The van der Waals surface area contributed by atoms with Crippen molar-refractivity contribution in [2.75, 3.05) is 19.8 Å². The molecule has 0 amide bonds. The SMILES string of the molecule is CCCCCC/C=C/CCCCCCCCO[C@H]1CO[C@H]([C@H](O)CO)[C@@H]1O. The van der Waals surface area contributed by atoms with Crippen molar-refractivity contribution in [1.82, 2.24) is 0 Å². The van der Waals surface area contributed by atoms with Crippen LogP contribution < -0.4 is 0 Å². The van der Waals surface area contributed by atoms with E-state index in [0.29, 0.717) is 6.61 Å². The van der Waals surface area contributed by atoms with E-state index in [1.165, 1.54) is 64.2 Å². The molecule has 1 rings (SSSR count). The van der Waals surface area contributed by atoms with Crippen LogP contribution >= 0.6 is 0 Å². The summed E-state index contributed by atoms with van der Waals surface area (Å²) in [6, 6.07) is 0. The quantitative estimate of drug-likeness (QED) is 0.262. The van der Waals surface area contributed by atoms with E-state index < -0.39 is 31.0 Å². The van der Waals surface area contributed by atoms with Gasteiger partial charge in [-0.15, -0.1) is 0 Å². The lowest BCUT2D eigenvalue weighted by atomic mass is 10.1. The van der Waals surface area contributed by atoms with Gasteiger partial charge in [0, 0.05) is 6.61 Å². The van der Waals surface area contributed by atoms with Crippen molar-refractivity contribution in [2.45, 2.75) is 108 Å². The first-order chi connectivity index (χ1) is 13.2. The van der Waals surface area contributed by atoms with Crippen molar-refractivity contribution >= 4 is 0 Å². The summed E-state index contributed by atoms with van der Waals surface area (Å²) < 4.78 is 11.0. The van der Waals surface area contributed by atoms with Gasteiger partial charge in [0.05, 0.1) is 13.2 Å². The zero-order valence-electron chi connectivity index (χ0n) is 17.2. The van der Waals surface area contributed by atoms with Gasteiger partial charge in [-0.05, 0) is 32.1 Å². The van der Waals surface area contributed by atoms with Gasteiger partial charge in [0.25, 0.3) is 0 Å². The highest BCUT2D eigenvalue weighted by Crippen LogP contribution is 2.20. The first-order valence-electron chi connectivity index (χ1n) is 11.1. The number of ether oxygens (including phenoxy) is 2. The van der Waals surface area contributed by atoms with Gasteiger partial charge >= 0.3 is 0 Å². The minimum Gasteiger partial charge on any atom is -0.394 e.